The monoisotopic (exact) mass is 228 g/mol. The summed E-state index contributed by atoms with van der Waals surface area (Å²) in [7, 11) is 0. The van der Waals surface area contributed by atoms with E-state index >= 15 is 0 Å². The van der Waals surface area contributed by atoms with E-state index in [1.54, 1.807) is 6.07 Å². The van der Waals surface area contributed by atoms with Crippen LogP contribution in [0.5, 0.6) is 5.75 Å². The van der Waals surface area contributed by atoms with Crippen LogP contribution in [0, 0.1) is 0 Å². The predicted molar refractivity (Wildman–Crippen MR) is 64.1 cm³/mol. The molecule has 0 atom stereocenters. The van der Waals surface area contributed by atoms with Crippen molar-refractivity contribution >= 4 is 0 Å². The lowest BCUT2D eigenvalue weighted by molar-refractivity contribution is 0.289. The molecular formula is C13H12N2O2. The number of aryl methyl sites for hydroxylation is 1. The molecule has 0 radical (unpaired) electrons. The number of fused-ring (bicyclic) bond motifs is 1. The molecular weight excluding hydrogens is 216 g/mol. The molecule has 3 rings (SSSR count). The molecule has 0 unspecified atom stereocenters. The summed E-state index contributed by atoms with van der Waals surface area (Å²) >= 11 is 0. The first-order valence-corrected chi connectivity index (χ1v) is 5.65. The molecule has 4 heteroatoms. The molecule has 0 fully saturated rings. The molecule has 0 saturated heterocycles. The van der Waals surface area contributed by atoms with Gasteiger partial charge in [-0.25, -0.2) is 9.78 Å². The summed E-state index contributed by atoms with van der Waals surface area (Å²) < 4.78 is 5.71. The number of H-pyrrole nitrogens is 1. The summed E-state index contributed by atoms with van der Waals surface area (Å²) in [6.07, 6.45) is 3.58. The second kappa shape index (κ2) is 4.05. The molecule has 1 aromatic carbocycles. The number of hydrogen-bond donors (Lipinski definition) is 1. The second-order valence-corrected chi connectivity index (χ2v) is 4.03. The van der Waals surface area contributed by atoms with E-state index in [4.69, 9.17) is 4.74 Å². The van der Waals surface area contributed by atoms with Gasteiger partial charge in [0.15, 0.2) is 0 Å². The van der Waals surface area contributed by atoms with Crippen LogP contribution in [0.15, 0.2) is 35.3 Å². The molecule has 0 amide bonds. The highest BCUT2D eigenvalue weighted by atomic mass is 16.5. The van der Waals surface area contributed by atoms with E-state index < -0.39 is 0 Å². The van der Waals surface area contributed by atoms with Gasteiger partial charge in [-0.1, -0.05) is 12.1 Å². The summed E-state index contributed by atoms with van der Waals surface area (Å²) in [4.78, 5) is 17.6. The lowest BCUT2D eigenvalue weighted by Gasteiger charge is -2.20. The van der Waals surface area contributed by atoms with Gasteiger partial charge in [-0.2, -0.15) is 0 Å². The third-order valence-electron chi connectivity index (χ3n) is 2.90. The van der Waals surface area contributed by atoms with Crippen molar-refractivity contribution in [2.45, 2.75) is 12.8 Å². The molecule has 0 saturated carbocycles. The minimum Gasteiger partial charge on any atom is -0.493 e. The maximum atomic E-state index is 11.2. The van der Waals surface area contributed by atoms with Gasteiger partial charge in [0.05, 0.1) is 12.3 Å². The van der Waals surface area contributed by atoms with Crippen molar-refractivity contribution in [3.63, 3.8) is 0 Å². The Morgan fingerprint density at radius 3 is 3.12 bits per heavy atom. The fourth-order valence-electron chi connectivity index (χ4n) is 2.13. The Morgan fingerprint density at radius 2 is 2.24 bits per heavy atom. The molecule has 0 aliphatic carbocycles. The molecule has 4 nitrogen and oxygen atoms in total. The molecule has 1 aliphatic rings. The Bertz CT molecular complexity index is 604. The first-order valence-electron chi connectivity index (χ1n) is 5.65. The lowest BCUT2D eigenvalue weighted by Crippen LogP contribution is -2.12. The highest BCUT2D eigenvalue weighted by Gasteiger charge is 2.15. The van der Waals surface area contributed by atoms with Crippen LogP contribution in [0.1, 0.15) is 12.0 Å². The van der Waals surface area contributed by atoms with Crippen molar-refractivity contribution in [3.8, 4) is 17.0 Å². The van der Waals surface area contributed by atoms with Crippen molar-refractivity contribution < 1.29 is 4.74 Å². The van der Waals surface area contributed by atoms with Crippen LogP contribution in [0.25, 0.3) is 11.3 Å². The number of ether oxygens (including phenoxy) is 1. The van der Waals surface area contributed by atoms with E-state index in [0.29, 0.717) is 0 Å². The molecule has 1 aromatic heterocycles. The summed E-state index contributed by atoms with van der Waals surface area (Å²) in [5.41, 5.74) is 2.55. The van der Waals surface area contributed by atoms with E-state index in [1.807, 2.05) is 12.1 Å². The first kappa shape index (κ1) is 10.1. The quantitative estimate of drug-likeness (QED) is 0.809. The van der Waals surface area contributed by atoms with Gasteiger partial charge in [0.2, 0.25) is 0 Å². The number of aromatic nitrogens is 2. The molecule has 2 aromatic rings. The smallest absolute Gasteiger partial charge is 0.345 e. The standard InChI is InChI=1S/C13H12N2O2/c16-13-14-7-6-11(15-13)10-5-1-3-9-4-2-8-17-12(9)10/h1,3,5-7H,2,4,8H2,(H,14,15,16). The van der Waals surface area contributed by atoms with E-state index in [2.05, 4.69) is 16.0 Å². The number of aromatic amines is 1. The second-order valence-electron chi connectivity index (χ2n) is 4.03. The molecule has 1 aliphatic heterocycles. The van der Waals surface area contributed by atoms with Crippen molar-refractivity contribution in [1.82, 2.24) is 9.97 Å². The summed E-state index contributed by atoms with van der Waals surface area (Å²) in [5.74, 6) is 0.889. The van der Waals surface area contributed by atoms with Crippen LogP contribution in [-0.2, 0) is 6.42 Å². The summed E-state index contributed by atoms with van der Waals surface area (Å²) in [5, 5.41) is 0. The van der Waals surface area contributed by atoms with E-state index in [-0.39, 0.29) is 5.69 Å². The Kier molecular flexibility index (Phi) is 2.40. The third kappa shape index (κ3) is 1.82. The number of rotatable bonds is 1. The molecule has 2 heterocycles. The van der Waals surface area contributed by atoms with Crippen molar-refractivity contribution in [2.24, 2.45) is 0 Å². The largest absolute Gasteiger partial charge is 0.493 e. The van der Waals surface area contributed by atoms with Gasteiger partial charge in [-0.3, -0.25) is 0 Å². The normalized spacial score (nSPS) is 13.9. The van der Waals surface area contributed by atoms with E-state index in [9.17, 15) is 4.79 Å². The molecule has 1 N–H and O–H groups in total. The number of para-hydroxylation sites is 1. The van der Waals surface area contributed by atoms with Crippen LogP contribution in [0.4, 0.5) is 0 Å². The van der Waals surface area contributed by atoms with Crippen molar-refractivity contribution in [3.05, 3.63) is 46.5 Å². The zero-order valence-corrected chi connectivity index (χ0v) is 9.27. The molecule has 0 bridgehead atoms. The fraction of sp³-hybridized carbons (Fsp3) is 0.231. The highest BCUT2D eigenvalue weighted by molar-refractivity contribution is 5.69. The van der Waals surface area contributed by atoms with Gasteiger partial charge in [0.25, 0.3) is 0 Å². The van der Waals surface area contributed by atoms with Crippen molar-refractivity contribution in [1.29, 1.82) is 0 Å². The van der Waals surface area contributed by atoms with Gasteiger partial charge < -0.3 is 9.72 Å². The predicted octanol–water partition coefficient (Wildman–Crippen LogP) is 1.76. The zero-order chi connectivity index (χ0) is 11.7. The average Bonchev–Trinajstić information content (AvgIpc) is 2.38. The van der Waals surface area contributed by atoms with E-state index in [1.165, 1.54) is 11.8 Å². The summed E-state index contributed by atoms with van der Waals surface area (Å²) in [6.45, 7) is 0.735. The number of nitrogens with zero attached hydrogens (tertiary/aromatic N) is 1. The zero-order valence-electron chi connectivity index (χ0n) is 9.27. The Morgan fingerprint density at radius 1 is 1.29 bits per heavy atom. The van der Waals surface area contributed by atoms with Crippen molar-refractivity contribution in [2.75, 3.05) is 6.61 Å². The van der Waals surface area contributed by atoms with Crippen LogP contribution >= 0.6 is 0 Å². The Balaban J connectivity index is 2.18. The lowest BCUT2D eigenvalue weighted by atomic mass is 10.0. The fourth-order valence-corrected chi connectivity index (χ4v) is 2.13. The SMILES string of the molecule is O=c1nccc(-c2cccc3c2OCCC3)[nH]1. The molecule has 86 valence electrons. The minimum atomic E-state index is -0.337. The maximum Gasteiger partial charge on any atom is 0.345 e. The van der Waals surface area contributed by atoms with Gasteiger partial charge >= 0.3 is 5.69 Å². The van der Waals surface area contributed by atoms with Crippen LogP contribution in [0.2, 0.25) is 0 Å². The first-order chi connectivity index (χ1) is 8.34. The molecule has 0 spiro atoms. The van der Waals surface area contributed by atoms with Gasteiger partial charge in [0, 0.05) is 11.8 Å². The third-order valence-corrected chi connectivity index (χ3v) is 2.90. The number of benzene rings is 1. The highest BCUT2D eigenvalue weighted by Crippen LogP contribution is 2.34. The Hall–Kier alpha value is -2.10. The average molecular weight is 228 g/mol. The van der Waals surface area contributed by atoms with Crippen LogP contribution in [-0.4, -0.2) is 16.6 Å². The topological polar surface area (TPSA) is 55.0 Å². The minimum absolute atomic E-state index is 0.337. The Labute approximate surface area is 98.3 Å². The van der Waals surface area contributed by atoms with Gasteiger partial charge in [-0.15, -0.1) is 0 Å². The van der Waals surface area contributed by atoms with Crippen LogP contribution < -0.4 is 10.4 Å². The number of hydrogen-bond acceptors (Lipinski definition) is 3. The van der Waals surface area contributed by atoms with Gasteiger partial charge in [0.1, 0.15) is 5.75 Å². The number of nitrogens with one attached hydrogen (secondary N) is 1. The molecule has 17 heavy (non-hydrogen) atoms. The van der Waals surface area contributed by atoms with Gasteiger partial charge in [-0.05, 0) is 30.5 Å². The van der Waals surface area contributed by atoms with E-state index in [0.717, 1.165) is 36.5 Å². The maximum absolute atomic E-state index is 11.2. The van der Waals surface area contributed by atoms with Crippen LogP contribution in [0.3, 0.4) is 0 Å². The summed E-state index contributed by atoms with van der Waals surface area (Å²) in [6, 6.07) is 7.79.